The van der Waals surface area contributed by atoms with E-state index < -0.39 is 12.2 Å². The summed E-state index contributed by atoms with van der Waals surface area (Å²) >= 11 is 0. The van der Waals surface area contributed by atoms with Crippen LogP contribution in [0.25, 0.3) is 11.1 Å². The van der Waals surface area contributed by atoms with Gasteiger partial charge < -0.3 is 34.6 Å². The standard InChI is InChI=1S/C28H28O7/c1-33-24-11-15(3-9-22(24)31)26-23(32)12-21-19-6-2-14-10-16(30)4-7-18(14)25(19)28-20(27(21)35-26)8-5-17(13-29)34-28/h3-4,7,9-11,17,23,26,29-32H,2,5-6,8,12-13H2,1H3. The third-order valence-electron chi connectivity index (χ3n) is 7.46. The van der Waals surface area contributed by atoms with Crippen molar-refractivity contribution in [2.45, 2.75) is 50.4 Å². The molecule has 4 N–H and O–H groups in total. The van der Waals surface area contributed by atoms with Gasteiger partial charge >= 0.3 is 0 Å². The van der Waals surface area contributed by atoms with Gasteiger partial charge in [0.05, 0.1) is 19.8 Å². The summed E-state index contributed by atoms with van der Waals surface area (Å²) in [6.45, 7) is -0.0662. The zero-order valence-corrected chi connectivity index (χ0v) is 19.5. The fourth-order valence-electron chi connectivity index (χ4n) is 5.77. The molecule has 6 rings (SSSR count). The van der Waals surface area contributed by atoms with Gasteiger partial charge in [-0.25, -0.2) is 0 Å². The second-order valence-corrected chi connectivity index (χ2v) is 9.51. The molecule has 3 aromatic carbocycles. The fourth-order valence-corrected chi connectivity index (χ4v) is 5.77. The number of aliphatic hydroxyl groups is 2. The van der Waals surface area contributed by atoms with Gasteiger partial charge in [0.15, 0.2) is 11.5 Å². The molecule has 3 unspecified atom stereocenters. The SMILES string of the molecule is COc1cc(C2Oc3c(c4c(c5c3CCC(CO)O5)-c3ccc(O)cc3CC4)CC2O)ccc1O. The van der Waals surface area contributed by atoms with Crippen LogP contribution >= 0.6 is 0 Å². The maximum atomic E-state index is 11.2. The molecule has 0 saturated heterocycles. The highest BCUT2D eigenvalue weighted by Gasteiger charge is 2.39. The Morgan fingerprint density at radius 3 is 2.60 bits per heavy atom. The summed E-state index contributed by atoms with van der Waals surface area (Å²) in [5.41, 5.74) is 6.82. The highest BCUT2D eigenvalue weighted by Crippen LogP contribution is 2.53. The molecule has 7 nitrogen and oxygen atoms in total. The molecular weight excluding hydrogens is 448 g/mol. The van der Waals surface area contributed by atoms with E-state index in [2.05, 4.69) is 0 Å². The van der Waals surface area contributed by atoms with Gasteiger partial charge in [-0.15, -0.1) is 0 Å². The van der Waals surface area contributed by atoms with Gasteiger partial charge in [-0.2, -0.15) is 0 Å². The summed E-state index contributed by atoms with van der Waals surface area (Å²) < 4.78 is 18.1. The first-order chi connectivity index (χ1) is 17.0. The maximum absolute atomic E-state index is 11.2. The van der Waals surface area contributed by atoms with Crippen LogP contribution in [-0.2, 0) is 25.7 Å². The van der Waals surface area contributed by atoms with Crippen LogP contribution in [0.2, 0.25) is 0 Å². The van der Waals surface area contributed by atoms with E-state index in [4.69, 9.17) is 14.2 Å². The fraction of sp³-hybridized carbons (Fsp3) is 0.357. The van der Waals surface area contributed by atoms with Gasteiger partial charge in [0.25, 0.3) is 0 Å². The Bertz CT molecular complexity index is 1320. The Morgan fingerprint density at radius 1 is 0.943 bits per heavy atom. The molecule has 3 aromatic rings. The summed E-state index contributed by atoms with van der Waals surface area (Å²) in [5, 5.41) is 41.1. The molecule has 3 aliphatic rings. The van der Waals surface area contributed by atoms with Gasteiger partial charge in [-0.05, 0) is 72.2 Å². The van der Waals surface area contributed by atoms with E-state index in [1.165, 1.54) is 7.11 Å². The van der Waals surface area contributed by atoms with E-state index >= 15 is 0 Å². The Kier molecular flexibility index (Phi) is 5.27. The van der Waals surface area contributed by atoms with Crippen molar-refractivity contribution in [3.05, 3.63) is 64.2 Å². The first-order valence-corrected chi connectivity index (χ1v) is 12.0. The third kappa shape index (κ3) is 3.49. The van der Waals surface area contributed by atoms with Crippen molar-refractivity contribution in [1.29, 1.82) is 0 Å². The molecule has 0 bridgehead atoms. The van der Waals surface area contributed by atoms with Gasteiger partial charge in [0.2, 0.25) is 0 Å². The smallest absolute Gasteiger partial charge is 0.160 e. The lowest BCUT2D eigenvalue weighted by atomic mass is 9.77. The number of phenols is 2. The molecule has 3 atom stereocenters. The number of aryl methyl sites for hydroxylation is 1. The lowest BCUT2D eigenvalue weighted by molar-refractivity contribution is 0.0181. The van der Waals surface area contributed by atoms with Crippen molar-refractivity contribution in [2.24, 2.45) is 0 Å². The molecule has 0 radical (unpaired) electrons. The first-order valence-electron chi connectivity index (χ1n) is 12.0. The van der Waals surface area contributed by atoms with Gasteiger partial charge in [0.1, 0.15) is 29.5 Å². The van der Waals surface area contributed by atoms with E-state index in [0.717, 1.165) is 63.3 Å². The summed E-state index contributed by atoms with van der Waals surface area (Å²) in [4.78, 5) is 0. The van der Waals surface area contributed by atoms with Gasteiger partial charge in [0, 0.05) is 23.1 Å². The van der Waals surface area contributed by atoms with E-state index in [1.807, 2.05) is 6.07 Å². The molecule has 2 aliphatic heterocycles. The average molecular weight is 477 g/mol. The third-order valence-corrected chi connectivity index (χ3v) is 7.46. The quantitative estimate of drug-likeness (QED) is 0.457. The topological polar surface area (TPSA) is 109 Å². The molecule has 182 valence electrons. The van der Waals surface area contributed by atoms with Crippen molar-refractivity contribution in [1.82, 2.24) is 0 Å². The van der Waals surface area contributed by atoms with Crippen molar-refractivity contribution in [2.75, 3.05) is 13.7 Å². The Morgan fingerprint density at radius 2 is 1.80 bits per heavy atom. The molecule has 7 heteroatoms. The van der Waals surface area contributed by atoms with Crippen LogP contribution in [0.15, 0.2) is 36.4 Å². The van der Waals surface area contributed by atoms with E-state index in [1.54, 1.807) is 30.3 Å². The van der Waals surface area contributed by atoms with E-state index in [-0.39, 0.29) is 24.2 Å². The Labute approximate surface area is 203 Å². The summed E-state index contributed by atoms with van der Waals surface area (Å²) in [6, 6.07) is 10.4. The van der Waals surface area contributed by atoms with Crippen LogP contribution in [0.1, 0.15) is 40.3 Å². The summed E-state index contributed by atoms with van der Waals surface area (Å²) in [6.07, 6.45) is 1.58. The number of phenolic OH excluding ortho intramolecular Hbond substituents is 2. The van der Waals surface area contributed by atoms with E-state index in [9.17, 15) is 20.4 Å². The maximum Gasteiger partial charge on any atom is 0.160 e. The van der Waals surface area contributed by atoms with Crippen LogP contribution in [0.5, 0.6) is 28.7 Å². The van der Waals surface area contributed by atoms with Crippen LogP contribution < -0.4 is 14.2 Å². The molecule has 0 spiro atoms. The van der Waals surface area contributed by atoms with Gasteiger partial charge in [-0.1, -0.05) is 12.1 Å². The molecule has 0 fully saturated rings. The second-order valence-electron chi connectivity index (χ2n) is 9.51. The van der Waals surface area contributed by atoms with Crippen LogP contribution in [0, 0.1) is 0 Å². The second kappa shape index (κ2) is 8.36. The predicted molar refractivity (Wildman–Crippen MR) is 129 cm³/mol. The van der Waals surface area contributed by atoms with E-state index in [0.29, 0.717) is 25.0 Å². The monoisotopic (exact) mass is 476 g/mol. The number of fused-ring (bicyclic) bond motifs is 8. The molecule has 0 aromatic heterocycles. The molecule has 0 amide bonds. The average Bonchev–Trinajstić information content (AvgIpc) is 2.88. The molecule has 1 aliphatic carbocycles. The van der Waals surface area contributed by atoms with Crippen LogP contribution in [0.4, 0.5) is 0 Å². The number of hydrogen-bond donors (Lipinski definition) is 4. The number of rotatable bonds is 3. The van der Waals surface area contributed by atoms with Crippen LogP contribution in [-0.4, -0.2) is 46.4 Å². The zero-order valence-electron chi connectivity index (χ0n) is 19.5. The van der Waals surface area contributed by atoms with Crippen molar-refractivity contribution in [3.63, 3.8) is 0 Å². The molecular formula is C28H28O7. The number of methoxy groups -OCH3 is 1. The number of benzene rings is 3. The number of hydrogen-bond acceptors (Lipinski definition) is 7. The number of ether oxygens (including phenoxy) is 3. The normalized spacial score (nSPS) is 22.1. The summed E-state index contributed by atoms with van der Waals surface area (Å²) in [7, 11) is 1.49. The van der Waals surface area contributed by atoms with Crippen molar-refractivity contribution < 1.29 is 34.6 Å². The lowest BCUT2D eigenvalue weighted by Gasteiger charge is -2.39. The molecule has 2 heterocycles. The Hall–Kier alpha value is -3.42. The molecule has 35 heavy (non-hydrogen) atoms. The predicted octanol–water partition coefficient (Wildman–Crippen LogP) is 3.60. The summed E-state index contributed by atoms with van der Waals surface area (Å²) in [5.74, 6) is 2.07. The highest BCUT2D eigenvalue weighted by atomic mass is 16.5. The number of aliphatic hydroxyl groups excluding tert-OH is 2. The first kappa shape index (κ1) is 22.1. The Balaban J connectivity index is 1.52. The van der Waals surface area contributed by atoms with Crippen molar-refractivity contribution >= 4 is 0 Å². The zero-order chi connectivity index (χ0) is 24.3. The minimum absolute atomic E-state index is 0.0292. The van der Waals surface area contributed by atoms with Crippen molar-refractivity contribution in [3.8, 4) is 39.9 Å². The lowest BCUT2D eigenvalue weighted by Crippen LogP contribution is -2.34. The largest absolute Gasteiger partial charge is 0.508 e. The minimum Gasteiger partial charge on any atom is -0.508 e. The van der Waals surface area contributed by atoms with Crippen LogP contribution in [0.3, 0.4) is 0 Å². The number of aromatic hydroxyl groups is 2. The highest BCUT2D eigenvalue weighted by molar-refractivity contribution is 5.84. The minimum atomic E-state index is -0.783. The van der Waals surface area contributed by atoms with Gasteiger partial charge in [-0.3, -0.25) is 0 Å². The molecule has 0 saturated carbocycles.